The van der Waals surface area contributed by atoms with Gasteiger partial charge in [0.05, 0.1) is 10.9 Å². The van der Waals surface area contributed by atoms with Crippen LogP contribution >= 0.6 is 15.9 Å². The molecule has 0 saturated carbocycles. The molecular weight excluding hydrogens is 282 g/mol. The van der Waals surface area contributed by atoms with Crippen LogP contribution in [0.15, 0.2) is 12.2 Å². The Balaban J connectivity index is 2.04. The van der Waals surface area contributed by atoms with Crippen LogP contribution in [0.25, 0.3) is 0 Å². The lowest BCUT2D eigenvalue weighted by Crippen LogP contribution is -2.47. The number of nitrogens with one attached hydrogen (secondary N) is 1. The third-order valence-electron chi connectivity index (χ3n) is 4.06. The van der Waals surface area contributed by atoms with E-state index < -0.39 is 8.32 Å². The highest BCUT2D eigenvalue weighted by molar-refractivity contribution is 9.09. The minimum Gasteiger partial charge on any atom is -0.409 e. The van der Waals surface area contributed by atoms with Gasteiger partial charge in [-0.2, -0.15) is 0 Å². The van der Waals surface area contributed by atoms with Gasteiger partial charge in [-0.25, -0.2) is 0 Å². The lowest BCUT2D eigenvalue weighted by Gasteiger charge is -2.40. The quantitative estimate of drug-likeness (QED) is 0.368. The summed E-state index contributed by atoms with van der Waals surface area (Å²) >= 11 is 3.76. The normalized spacial score (nSPS) is 38.4. The van der Waals surface area contributed by atoms with E-state index in [1.807, 2.05) is 0 Å². The molecule has 4 heteroatoms. The third-order valence-corrected chi connectivity index (χ3v) is 9.63. The van der Waals surface area contributed by atoms with Crippen molar-refractivity contribution in [3.63, 3.8) is 0 Å². The maximum absolute atomic E-state index is 6.42. The molecule has 0 aromatic heterocycles. The molecule has 0 aromatic carbocycles. The lowest BCUT2D eigenvalue weighted by molar-refractivity contribution is 0.219. The lowest BCUT2D eigenvalue weighted by atomic mass is 10.1. The minimum absolute atomic E-state index is 0.233. The Kier molecular flexibility index (Phi) is 3.15. The maximum Gasteiger partial charge on any atom is 0.192 e. The fourth-order valence-corrected chi connectivity index (χ4v) is 4.02. The highest BCUT2D eigenvalue weighted by Crippen LogP contribution is 2.40. The molecule has 1 N–H and O–H groups in total. The van der Waals surface area contributed by atoms with Crippen molar-refractivity contribution in [2.24, 2.45) is 0 Å². The Morgan fingerprint density at radius 1 is 1.25 bits per heavy atom. The van der Waals surface area contributed by atoms with Gasteiger partial charge in [-0.15, -0.1) is 0 Å². The van der Waals surface area contributed by atoms with E-state index in [9.17, 15) is 0 Å². The second-order valence-electron chi connectivity index (χ2n) is 6.39. The van der Waals surface area contributed by atoms with Gasteiger partial charge in [-0.1, -0.05) is 48.9 Å². The van der Waals surface area contributed by atoms with E-state index in [1.54, 1.807) is 0 Å². The molecule has 2 nitrogen and oxygen atoms in total. The topological polar surface area (TPSA) is 31.2 Å². The molecule has 1 heterocycles. The van der Waals surface area contributed by atoms with Gasteiger partial charge in [0.15, 0.2) is 8.32 Å². The Hall–Kier alpha value is 0.357. The summed E-state index contributed by atoms with van der Waals surface area (Å²) in [5.74, 6) is 0. The van der Waals surface area contributed by atoms with Gasteiger partial charge >= 0.3 is 0 Å². The van der Waals surface area contributed by atoms with Crippen LogP contribution in [-0.2, 0) is 4.43 Å². The molecule has 1 aliphatic carbocycles. The molecule has 1 aliphatic heterocycles. The van der Waals surface area contributed by atoms with E-state index in [2.05, 4.69) is 67.3 Å². The average molecular weight is 304 g/mol. The van der Waals surface area contributed by atoms with Crippen LogP contribution in [0, 0.1) is 0 Å². The van der Waals surface area contributed by atoms with Gasteiger partial charge < -0.3 is 9.74 Å². The largest absolute Gasteiger partial charge is 0.409 e. The number of rotatable bonds is 2. The molecule has 92 valence electrons. The number of hydrogen-bond acceptors (Lipinski definition) is 2. The van der Waals surface area contributed by atoms with Crippen molar-refractivity contribution in [2.45, 2.75) is 61.9 Å². The predicted molar refractivity (Wildman–Crippen MR) is 74.6 cm³/mol. The van der Waals surface area contributed by atoms with Crippen LogP contribution < -0.4 is 5.32 Å². The highest BCUT2D eigenvalue weighted by Gasteiger charge is 2.48. The second-order valence-corrected chi connectivity index (χ2v) is 12.2. The van der Waals surface area contributed by atoms with Gasteiger partial charge in [0.2, 0.25) is 0 Å². The van der Waals surface area contributed by atoms with Crippen molar-refractivity contribution in [3.05, 3.63) is 12.2 Å². The maximum atomic E-state index is 6.42. The van der Waals surface area contributed by atoms with Crippen LogP contribution in [0.4, 0.5) is 0 Å². The summed E-state index contributed by atoms with van der Waals surface area (Å²) in [5, 5.41) is 3.72. The fourth-order valence-electron chi connectivity index (χ4n) is 1.79. The molecule has 0 amide bonds. The number of halogens is 1. The highest BCUT2D eigenvalue weighted by atomic mass is 79.9. The average Bonchev–Trinajstić information content (AvgIpc) is 2.87. The molecular formula is C12H22BrNOSi. The summed E-state index contributed by atoms with van der Waals surface area (Å²) in [5.41, 5.74) is 0. The van der Waals surface area contributed by atoms with Crippen molar-refractivity contribution in [2.75, 3.05) is 0 Å². The second kappa shape index (κ2) is 3.94. The van der Waals surface area contributed by atoms with Gasteiger partial charge in [0.1, 0.15) is 0 Å². The molecule has 16 heavy (non-hydrogen) atoms. The first kappa shape index (κ1) is 12.8. The van der Waals surface area contributed by atoms with Crippen molar-refractivity contribution >= 4 is 24.2 Å². The van der Waals surface area contributed by atoms with E-state index in [4.69, 9.17) is 4.43 Å². The van der Waals surface area contributed by atoms with E-state index >= 15 is 0 Å². The molecule has 2 rings (SSSR count). The Labute approximate surface area is 108 Å². The van der Waals surface area contributed by atoms with Crippen molar-refractivity contribution < 1.29 is 4.43 Å². The number of hydrogen-bond donors (Lipinski definition) is 1. The van der Waals surface area contributed by atoms with E-state index in [0.717, 1.165) is 0 Å². The van der Waals surface area contributed by atoms with Crippen LogP contribution in [0.1, 0.15) is 20.8 Å². The van der Waals surface area contributed by atoms with Crippen molar-refractivity contribution in [1.29, 1.82) is 0 Å². The minimum atomic E-state index is -1.65. The zero-order valence-corrected chi connectivity index (χ0v) is 13.3. The molecule has 0 radical (unpaired) electrons. The standard InChI is InChI=1S/C12H22BrNOSi/c1-12(2,3)16(4,5)15-9-7-6-8-11(14-8)10(9)13/h6-11,14H,1-5H3/t8-,9+,10-,11-/m1/s1. The molecule has 0 bridgehead atoms. The zero-order valence-electron chi connectivity index (χ0n) is 10.8. The molecule has 1 fully saturated rings. The summed E-state index contributed by atoms with van der Waals surface area (Å²) in [6, 6.07) is 1.17. The molecule has 2 aliphatic rings. The Morgan fingerprint density at radius 2 is 1.88 bits per heavy atom. The fraction of sp³-hybridized carbons (Fsp3) is 0.833. The van der Waals surface area contributed by atoms with Gasteiger partial charge in [-0.3, -0.25) is 0 Å². The Morgan fingerprint density at radius 3 is 2.44 bits per heavy atom. The first-order chi connectivity index (χ1) is 7.22. The van der Waals surface area contributed by atoms with Crippen molar-refractivity contribution in [1.82, 2.24) is 5.32 Å². The van der Waals surface area contributed by atoms with E-state index in [1.165, 1.54) is 0 Å². The van der Waals surface area contributed by atoms with E-state index in [-0.39, 0.29) is 11.1 Å². The van der Waals surface area contributed by atoms with E-state index in [0.29, 0.717) is 16.9 Å². The number of fused-ring (bicyclic) bond motifs is 1. The first-order valence-electron chi connectivity index (χ1n) is 5.99. The molecule has 1 saturated heterocycles. The SMILES string of the molecule is CC(C)(C)[Si](C)(C)O[C@H]1C=C[C@H]2N[C@H]2[C@@H]1Br. The zero-order chi connectivity index (χ0) is 12.1. The van der Waals surface area contributed by atoms with Crippen LogP contribution in [0.5, 0.6) is 0 Å². The molecule has 0 spiro atoms. The summed E-state index contributed by atoms with van der Waals surface area (Å²) in [6.45, 7) is 11.5. The van der Waals surface area contributed by atoms with Crippen molar-refractivity contribution in [3.8, 4) is 0 Å². The molecule has 4 atom stereocenters. The van der Waals surface area contributed by atoms with Crippen LogP contribution in [-0.4, -0.2) is 31.3 Å². The first-order valence-corrected chi connectivity index (χ1v) is 9.81. The summed E-state index contributed by atoms with van der Waals surface area (Å²) < 4.78 is 6.42. The summed E-state index contributed by atoms with van der Waals surface area (Å²) in [7, 11) is -1.65. The summed E-state index contributed by atoms with van der Waals surface area (Å²) in [4.78, 5) is 0.427. The number of alkyl halides is 1. The molecule has 0 unspecified atom stereocenters. The summed E-state index contributed by atoms with van der Waals surface area (Å²) in [6.07, 6.45) is 4.71. The predicted octanol–water partition coefficient (Wildman–Crippen LogP) is 3.05. The van der Waals surface area contributed by atoms with Gasteiger partial charge in [0, 0.05) is 12.1 Å². The van der Waals surface area contributed by atoms with Gasteiger partial charge in [-0.05, 0) is 18.1 Å². The third kappa shape index (κ3) is 2.30. The smallest absolute Gasteiger partial charge is 0.192 e. The van der Waals surface area contributed by atoms with Crippen LogP contribution in [0.2, 0.25) is 18.1 Å². The Bertz CT molecular complexity index is 311. The monoisotopic (exact) mass is 303 g/mol. The van der Waals surface area contributed by atoms with Gasteiger partial charge in [0.25, 0.3) is 0 Å². The van der Waals surface area contributed by atoms with Crippen LogP contribution in [0.3, 0.4) is 0 Å². The molecule has 0 aromatic rings.